The van der Waals surface area contributed by atoms with Crippen LogP contribution in [-0.4, -0.2) is 41.2 Å². The van der Waals surface area contributed by atoms with Crippen LogP contribution in [0.1, 0.15) is 47.0 Å². The summed E-state index contributed by atoms with van der Waals surface area (Å²) in [4.78, 5) is 56.5. The van der Waals surface area contributed by atoms with Gasteiger partial charge < -0.3 is 4.74 Å². The fraction of sp³-hybridized carbons (Fsp3) is 0.0714. The highest BCUT2D eigenvalue weighted by molar-refractivity contribution is 6.42. The molecule has 0 spiro atoms. The van der Waals surface area contributed by atoms with E-state index in [2.05, 4.69) is 0 Å². The number of methoxy groups -OCH3 is 1. The highest BCUT2D eigenvalue weighted by atomic mass is 16.8. The lowest BCUT2D eigenvalue weighted by atomic mass is 9.85. The fourth-order valence-corrected chi connectivity index (χ4v) is 5.13. The van der Waals surface area contributed by atoms with Gasteiger partial charge in [-0.2, -0.15) is 0 Å². The molecule has 6 rings (SSSR count). The average Bonchev–Trinajstić information content (AvgIpc) is 2.91. The topological polar surface area (TPSA) is 128 Å². The SMILES string of the molecule is COc1cc(N2C(=O)c3ccc4c5c(ccc(c35)C2=O)C(=O)N(c2ccccc2)C4=O)c(C)cc1N(O)O. The molecule has 4 aromatic rings. The van der Waals surface area contributed by atoms with Crippen molar-refractivity contribution in [3.63, 3.8) is 0 Å². The molecule has 10 nitrogen and oxygen atoms in total. The Kier molecular flexibility index (Phi) is 5.06. The summed E-state index contributed by atoms with van der Waals surface area (Å²) < 4.78 is 5.22. The lowest BCUT2D eigenvalue weighted by molar-refractivity contribution is 0.0278. The first-order valence-electron chi connectivity index (χ1n) is 11.5. The number of ether oxygens (including phenoxy) is 1. The van der Waals surface area contributed by atoms with Gasteiger partial charge in [0.15, 0.2) is 0 Å². The number of aryl methyl sites for hydroxylation is 1. The van der Waals surface area contributed by atoms with Crippen molar-refractivity contribution in [2.24, 2.45) is 0 Å². The minimum atomic E-state index is -0.653. The van der Waals surface area contributed by atoms with Crippen LogP contribution < -0.4 is 19.8 Å². The van der Waals surface area contributed by atoms with Crippen molar-refractivity contribution >= 4 is 51.5 Å². The Morgan fingerprint density at radius 2 is 1.16 bits per heavy atom. The maximum atomic E-state index is 13.7. The zero-order chi connectivity index (χ0) is 26.9. The molecule has 0 aromatic heterocycles. The molecule has 4 aromatic carbocycles. The van der Waals surface area contributed by atoms with Gasteiger partial charge in [-0.3, -0.25) is 29.6 Å². The lowest BCUT2D eigenvalue weighted by Gasteiger charge is -2.32. The molecule has 2 N–H and O–H groups in total. The minimum Gasteiger partial charge on any atom is -0.494 e. The Labute approximate surface area is 215 Å². The summed E-state index contributed by atoms with van der Waals surface area (Å²) in [5, 5.41) is 19.4. The first-order valence-corrected chi connectivity index (χ1v) is 11.5. The molecule has 2 aliphatic rings. The van der Waals surface area contributed by atoms with E-state index in [9.17, 15) is 29.6 Å². The summed E-state index contributed by atoms with van der Waals surface area (Å²) >= 11 is 0. The van der Waals surface area contributed by atoms with Crippen molar-refractivity contribution in [1.82, 2.24) is 0 Å². The Hall–Kier alpha value is -5.06. The van der Waals surface area contributed by atoms with Crippen LogP contribution in [-0.2, 0) is 0 Å². The van der Waals surface area contributed by atoms with Gasteiger partial charge in [-0.25, -0.2) is 9.80 Å². The number of amides is 4. The van der Waals surface area contributed by atoms with Gasteiger partial charge in [0.1, 0.15) is 11.4 Å². The summed E-state index contributed by atoms with van der Waals surface area (Å²) in [6.07, 6.45) is 0. The van der Waals surface area contributed by atoms with Crippen LogP contribution in [0.5, 0.6) is 5.75 Å². The van der Waals surface area contributed by atoms with Gasteiger partial charge in [0.25, 0.3) is 23.6 Å². The van der Waals surface area contributed by atoms with Crippen molar-refractivity contribution in [1.29, 1.82) is 0 Å². The molecule has 38 heavy (non-hydrogen) atoms. The van der Waals surface area contributed by atoms with Gasteiger partial charge in [0.05, 0.1) is 18.5 Å². The molecular formula is C28H19N3O7. The Morgan fingerprint density at radius 1 is 0.684 bits per heavy atom. The molecule has 188 valence electrons. The summed E-state index contributed by atoms with van der Waals surface area (Å²) in [5.74, 6) is -2.38. The van der Waals surface area contributed by atoms with Crippen LogP contribution in [0.25, 0.3) is 10.8 Å². The maximum Gasteiger partial charge on any atom is 0.265 e. The number of para-hydroxylation sites is 1. The van der Waals surface area contributed by atoms with Gasteiger partial charge in [0.2, 0.25) is 0 Å². The van der Waals surface area contributed by atoms with E-state index < -0.39 is 23.6 Å². The van der Waals surface area contributed by atoms with E-state index >= 15 is 0 Å². The van der Waals surface area contributed by atoms with Crippen LogP contribution >= 0.6 is 0 Å². The fourth-order valence-electron chi connectivity index (χ4n) is 5.13. The van der Waals surface area contributed by atoms with E-state index in [0.717, 1.165) is 9.80 Å². The molecule has 10 heteroatoms. The normalized spacial score (nSPS) is 14.4. The van der Waals surface area contributed by atoms with Crippen molar-refractivity contribution in [2.45, 2.75) is 6.92 Å². The Balaban J connectivity index is 1.54. The minimum absolute atomic E-state index is 0.0180. The van der Waals surface area contributed by atoms with Gasteiger partial charge >= 0.3 is 0 Å². The monoisotopic (exact) mass is 509 g/mol. The molecule has 0 saturated heterocycles. The molecule has 0 radical (unpaired) electrons. The number of hydrogen-bond donors (Lipinski definition) is 2. The van der Waals surface area contributed by atoms with Crippen LogP contribution in [0, 0.1) is 6.92 Å². The smallest absolute Gasteiger partial charge is 0.265 e. The molecule has 0 unspecified atom stereocenters. The van der Waals surface area contributed by atoms with E-state index in [4.69, 9.17) is 4.74 Å². The largest absolute Gasteiger partial charge is 0.494 e. The van der Waals surface area contributed by atoms with Crippen LogP contribution in [0.15, 0.2) is 66.7 Å². The second-order valence-electron chi connectivity index (χ2n) is 8.90. The van der Waals surface area contributed by atoms with Crippen molar-refractivity contribution in [2.75, 3.05) is 22.1 Å². The molecule has 4 amide bonds. The molecule has 2 heterocycles. The van der Waals surface area contributed by atoms with Gasteiger partial charge in [-0.15, -0.1) is 5.23 Å². The number of imide groups is 2. The average molecular weight is 509 g/mol. The van der Waals surface area contributed by atoms with Crippen molar-refractivity contribution < 1.29 is 34.3 Å². The van der Waals surface area contributed by atoms with Gasteiger partial charge in [-0.05, 0) is 55.0 Å². The Morgan fingerprint density at radius 3 is 1.61 bits per heavy atom. The summed E-state index contributed by atoms with van der Waals surface area (Å²) in [6.45, 7) is 1.60. The molecule has 0 aliphatic carbocycles. The zero-order valence-electron chi connectivity index (χ0n) is 20.1. The van der Waals surface area contributed by atoms with Crippen LogP contribution in [0.4, 0.5) is 17.1 Å². The third-order valence-electron chi connectivity index (χ3n) is 6.86. The summed E-state index contributed by atoms with van der Waals surface area (Å²) in [7, 11) is 1.31. The van der Waals surface area contributed by atoms with Gasteiger partial charge in [0, 0.05) is 39.1 Å². The van der Waals surface area contributed by atoms with Crippen LogP contribution in [0.2, 0.25) is 0 Å². The number of carbonyl (C=O) groups excluding carboxylic acids is 4. The Bertz CT molecular complexity index is 1660. The maximum absolute atomic E-state index is 13.7. The van der Waals surface area contributed by atoms with Crippen molar-refractivity contribution in [3.05, 3.63) is 94.5 Å². The number of benzene rings is 4. The molecule has 0 fully saturated rings. The predicted octanol–water partition coefficient (Wildman–Crippen LogP) is 4.34. The molecule has 0 atom stereocenters. The molecule has 2 aliphatic heterocycles. The molecular weight excluding hydrogens is 490 g/mol. The third kappa shape index (κ3) is 3.08. The first-order chi connectivity index (χ1) is 18.2. The lowest BCUT2D eigenvalue weighted by Crippen LogP contribution is -2.43. The quantitative estimate of drug-likeness (QED) is 0.307. The van der Waals surface area contributed by atoms with E-state index in [1.165, 1.54) is 43.5 Å². The summed E-state index contributed by atoms with van der Waals surface area (Å²) in [6, 6.07) is 17.2. The second kappa shape index (κ2) is 8.23. The van der Waals surface area contributed by atoms with E-state index in [0.29, 0.717) is 11.3 Å². The molecule has 0 saturated carbocycles. The highest BCUT2D eigenvalue weighted by Gasteiger charge is 2.41. The highest BCUT2D eigenvalue weighted by Crippen LogP contribution is 2.42. The summed E-state index contributed by atoms with van der Waals surface area (Å²) in [5.41, 5.74) is 1.65. The standard InChI is InChI=1S/C28H19N3O7/c1-14-12-21(31(36)37)22(38-2)13-20(14)30-27(34)18-10-8-16-23-17(9-11-19(24(18)23)28(30)35)26(33)29(25(16)32)15-6-4-3-5-7-15/h3-13,36-37H,1-2H3. The van der Waals surface area contributed by atoms with E-state index in [1.807, 2.05) is 0 Å². The second-order valence-corrected chi connectivity index (χ2v) is 8.90. The molecule has 0 bridgehead atoms. The van der Waals surface area contributed by atoms with Crippen LogP contribution in [0.3, 0.4) is 0 Å². The van der Waals surface area contributed by atoms with Gasteiger partial charge in [-0.1, -0.05) is 18.2 Å². The number of hydrogen-bond acceptors (Lipinski definition) is 8. The number of carbonyl (C=O) groups is 4. The van der Waals surface area contributed by atoms with E-state index in [1.54, 1.807) is 37.3 Å². The predicted molar refractivity (Wildman–Crippen MR) is 136 cm³/mol. The number of rotatable bonds is 4. The van der Waals surface area contributed by atoms with E-state index in [-0.39, 0.29) is 55.4 Å². The number of anilines is 3. The zero-order valence-corrected chi connectivity index (χ0v) is 20.1. The number of nitrogens with zero attached hydrogens (tertiary/aromatic N) is 3. The third-order valence-corrected chi connectivity index (χ3v) is 6.86. The first kappa shape index (κ1) is 23.3. The van der Waals surface area contributed by atoms with Crippen molar-refractivity contribution in [3.8, 4) is 5.75 Å².